The van der Waals surface area contributed by atoms with Gasteiger partial charge in [-0.05, 0) is 5.92 Å². The number of halogens is 1. The van der Waals surface area contributed by atoms with E-state index in [0.717, 1.165) is 0 Å². The van der Waals surface area contributed by atoms with Crippen molar-refractivity contribution in [3.63, 3.8) is 0 Å². The van der Waals surface area contributed by atoms with Gasteiger partial charge < -0.3 is 10.2 Å². The molecule has 0 fully saturated rings. The van der Waals surface area contributed by atoms with Crippen LogP contribution in [0.3, 0.4) is 0 Å². The van der Waals surface area contributed by atoms with Gasteiger partial charge in [-0.25, -0.2) is 0 Å². The first-order chi connectivity index (χ1) is 4.95. The SMILES string of the molecule is CC(CC(=O)O)C(Br)C(=O)O. The molecule has 0 amide bonds. The maximum Gasteiger partial charge on any atom is 0.317 e. The molecule has 0 aliphatic heterocycles. The fourth-order valence-corrected chi connectivity index (χ4v) is 0.809. The molecular formula is C6H9BrO4. The van der Waals surface area contributed by atoms with Gasteiger partial charge >= 0.3 is 11.9 Å². The number of carboxylic acids is 2. The number of hydrogen-bond acceptors (Lipinski definition) is 2. The normalized spacial score (nSPS) is 15.5. The molecule has 0 aliphatic rings. The number of aliphatic carboxylic acids is 2. The summed E-state index contributed by atoms with van der Waals surface area (Å²) in [7, 11) is 0. The molecule has 11 heavy (non-hydrogen) atoms. The maximum absolute atomic E-state index is 10.3. The second kappa shape index (κ2) is 4.33. The third-order valence-electron chi connectivity index (χ3n) is 1.23. The quantitative estimate of drug-likeness (QED) is 0.698. The highest BCUT2D eigenvalue weighted by molar-refractivity contribution is 9.10. The number of carboxylic acid groups (broad SMARTS) is 2. The van der Waals surface area contributed by atoms with Crippen molar-refractivity contribution in [1.82, 2.24) is 0 Å². The molecular weight excluding hydrogens is 216 g/mol. The summed E-state index contributed by atoms with van der Waals surface area (Å²) in [6.07, 6.45) is -0.137. The van der Waals surface area contributed by atoms with Gasteiger partial charge in [-0.2, -0.15) is 0 Å². The van der Waals surface area contributed by atoms with Crippen molar-refractivity contribution in [2.45, 2.75) is 18.2 Å². The maximum atomic E-state index is 10.3. The standard InChI is InChI=1S/C6H9BrO4/c1-3(2-4(8)9)5(7)6(10)11/h3,5H,2H2,1H3,(H,8,9)(H,10,11). The van der Waals surface area contributed by atoms with E-state index < -0.39 is 22.7 Å². The third kappa shape index (κ3) is 3.98. The molecule has 0 saturated carbocycles. The number of rotatable bonds is 4. The van der Waals surface area contributed by atoms with Gasteiger partial charge in [-0.3, -0.25) is 9.59 Å². The minimum atomic E-state index is -1.03. The van der Waals surface area contributed by atoms with Crippen LogP contribution < -0.4 is 0 Å². The van der Waals surface area contributed by atoms with Crippen LogP contribution in [0, 0.1) is 5.92 Å². The first kappa shape index (κ1) is 10.4. The van der Waals surface area contributed by atoms with Crippen LogP contribution in [-0.4, -0.2) is 27.0 Å². The summed E-state index contributed by atoms with van der Waals surface area (Å²) in [5.41, 5.74) is 0. The Morgan fingerprint density at radius 1 is 1.45 bits per heavy atom. The van der Waals surface area contributed by atoms with Crippen molar-refractivity contribution < 1.29 is 19.8 Å². The van der Waals surface area contributed by atoms with Crippen LogP contribution in [0.2, 0.25) is 0 Å². The van der Waals surface area contributed by atoms with Gasteiger partial charge in [-0.15, -0.1) is 0 Å². The first-order valence-electron chi connectivity index (χ1n) is 3.03. The van der Waals surface area contributed by atoms with Crippen molar-refractivity contribution >= 4 is 27.9 Å². The van der Waals surface area contributed by atoms with Gasteiger partial charge in [0.25, 0.3) is 0 Å². The van der Waals surface area contributed by atoms with E-state index >= 15 is 0 Å². The Bertz CT molecular complexity index is 168. The third-order valence-corrected chi connectivity index (χ3v) is 2.53. The largest absolute Gasteiger partial charge is 0.481 e. The molecule has 0 saturated heterocycles. The lowest BCUT2D eigenvalue weighted by Crippen LogP contribution is -2.23. The Morgan fingerprint density at radius 2 is 1.91 bits per heavy atom. The number of alkyl halides is 1. The van der Waals surface area contributed by atoms with Gasteiger partial charge in [0.05, 0.1) is 0 Å². The van der Waals surface area contributed by atoms with E-state index in [2.05, 4.69) is 15.9 Å². The molecule has 4 nitrogen and oxygen atoms in total. The highest BCUT2D eigenvalue weighted by Crippen LogP contribution is 2.16. The molecule has 0 aromatic carbocycles. The highest BCUT2D eigenvalue weighted by atomic mass is 79.9. The Balaban J connectivity index is 3.92. The van der Waals surface area contributed by atoms with Crippen molar-refractivity contribution in [3.8, 4) is 0 Å². The van der Waals surface area contributed by atoms with E-state index in [4.69, 9.17) is 10.2 Å². The average molecular weight is 225 g/mol. The fraction of sp³-hybridized carbons (Fsp3) is 0.667. The molecule has 2 N–H and O–H groups in total. The molecule has 0 heterocycles. The summed E-state index contributed by atoms with van der Waals surface area (Å²) in [6.45, 7) is 1.57. The van der Waals surface area contributed by atoms with E-state index in [1.54, 1.807) is 6.92 Å². The van der Waals surface area contributed by atoms with Crippen LogP contribution in [-0.2, 0) is 9.59 Å². The van der Waals surface area contributed by atoms with Crippen LogP contribution >= 0.6 is 15.9 Å². The zero-order valence-electron chi connectivity index (χ0n) is 5.95. The second-order valence-corrected chi connectivity index (χ2v) is 3.30. The molecule has 0 rings (SSSR count). The smallest absolute Gasteiger partial charge is 0.317 e. The van der Waals surface area contributed by atoms with Crippen LogP contribution in [0.15, 0.2) is 0 Å². The molecule has 64 valence electrons. The Morgan fingerprint density at radius 3 is 2.18 bits per heavy atom. The van der Waals surface area contributed by atoms with Gasteiger partial charge in [0.1, 0.15) is 4.83 Å². The second-order valence-electron chi connectivity index (χ2n) is 2.32. The van der Waals surface area contributed by atoms with Crippen molar-refractivity contribution in [2.24, 2.45) is 5.92 Å². The van der Waals surface area contributed by atoms with E-state index in [0.29, 0.717) is 0 Å². The molecule has 0 radical (unpaired) electrons. The predicted octanol–water partition coefficient (Wildman–Crippen LogP) is 0.945. The zero-order valence-corrected chi connectivity index (χ0v) is 7.54. The van der Waals surface area contributed by atoms with E-state index in [1.807, 2.05) is 0 Å². The highest BCUT2D eigenvalue weighted by Gasteiger charge is 2.22. The summed E-state index contributed by atoms with van der Waals surface area (Å²) in [5.74, 6) is -2.41. The molecule has 2 atom stereocenters. The molecule has 0 aromatic rings. The van der Waals surface area contributed by atoms with Gasteiger partial charge in [0.2, 0.25) is 0 Å². The van der Waals surface area contributed by atoms with E-state index in [-0.39, 0.29) is 6.42 Å². The summed E-state index contributed by atoms with van der Waals surface area (Å²) < 4.78 is 0. The molecule has 0 aromatic heterocycles. The van der Waals surface area contributed by atoms with Crippen molar-refractivity contribution in [1.29, 1.82) is 0 Å². The van der Waals surface area contributed by atoms with Crippen LogP contribution in [0.4, 0.5) is 0 Å². The zero-order chi connectivity index (χ0) is 9.02. The molecule has 0 aliphatic carbocycles. The number of carbonyl (C=O) groups is 2. The summed E-state index contributed by atoms with van der Waals surface area (Å²) in [5, 5.41) is 16.7. The lowest BCUT2D eigenvalue weighted by atomic mass is 10.0. The Labute approximate surface area is 72.3 Å². The minimum Gasteiger partial charge on any atom is -0.481 e. The fourth-order valence-electron chi connectivity index (χ4n) is 0.622. The average Bonchev–Trinajstić information content (AvgIpc) is 1.84. The van der Waals surface area contributed by atoms with Crippen LogP contribution in [0.1, 0.15) is 13.3 Å². The van der Waals surface area contributed by atoms with E-state index in [9.17, 15) is 9.59 Å². The van der Waals surface area contributed by atoms with Crippen LogP contribution in [0.5, 0.6) is 0 Å². The van der Waals surface area contributed by atoms with Gasteiger partial charge in [-0.1, -0.05) is 22.9 Å². The summed E-state index contributed by atoms with van der Waals surface area (Å²) in [4.78, 5) is 19.6. The Kier molecular flexibility index (Phi) is 4.10. The lowest BCUT2D eigenvalue weighted by Gasteiger charge is -2.10. The molecule has 5 heteroatoms. The predicted molar refractivity (Wildman–Crippen MR) is 41.8 cm³/mol. The topological polar surface area (TPSA) is 74.6 Å². The summed E-state index contributed by atoms with van der Waals surface area (Å²) >= 11 is 2.87. The van der Waals surface area contributed by atoms with Gasteiger partial charge in [0.15, 0.2) is 0 Å². The first-order valence-corrected chi connectivity index (χ1v) is 3.95. The monoisotopic (exact) mass is 224 g/mol. The lowest BCUT2D eigenvalue weighted by molar-refractivity contribution is -0.139. The van der Waals surface area contributed by atoms with Gasteiger partial charge in [0, 0.05) is 6.42 Å². The molecule has 2 unspecified atom stereocenters. The van der Waals surface area contributed by atoms with Crippen LogP contribution in [0.25, 0.3) is 0 Å². The minimum absolute atomic E-state index is 0.137. The van der Waals surface area contributed by atoms with Crippen molar-refractivity contribution in [2.75, 3.05) is 0 Å². The summed E-state index contributed by atoms with van der Waals surface area (Å²) in [6, 6.07) is 0. The molecule has 0 spiro atoms. The number of hydrogen-bond donors (Lipinski definition) is 2. The molecule has 0 bridgehead atoms. The Hall–Kier alpha value is -0.580. The van der Waals surface area contributed by atoms with E-state index in [1.165, 1.54) is 0 Å². The van der Waals surface area contributed by atoms with Crippen molar-refractivity contribution in [3.05, 3.63) is 0 Å².